The van der Waals surface area contributed by atoms with Crippen LogP contribution in [-0.2, 0) is 9.53 Å². The van der Waals surface area contributed by atoms with E-state index in [-0.39, 0.29) is 13.1 Å². The van der Waals surface area contributed by atoms with Gasteiger partial charge in [0.25, 0.3) is 0 Å². The third-order valence-corrected chi connectivity index (χ3v) is 4.90. The third-order valence-electron chi connectivity index (χ3n) is 3.20. The summed E-state index contributed by atoms with van der Waals surface area (Å²) in [6, 6.07) is 0.353. The molecule has 1 aliphatic rings. The van der Waals surface area contributed by atoms with E-state index >= 15 is 0 Å². The van der Waals surface area contributed by atoms with Crippen LogP contribution >= 0.6 is 0 Å². The Labute approximate surface area is 119 Å². The molecule has 0 aliphatic carbocycles. The minimum atomic E-state index is -1.26. The smallest absolute Gasteiger partial charge is 0.407 e. The molecule has 7 nitrogen and oxygen atoms in total. The van der Waals surface area contributed by atoms with Crippen LogP contribution in [0.2, 0.25) is 25.7 Å². The van der Waals surface area contributed by atoms with Gasteiger partial charge in [-0.15, -0.1) is 0 Å². The Morgan fingerprint density at radius 2 is 2.05 bits per heavy atom. The van der Waals surface area contributed by atoms with Crippen LogP contribution in [0.25, 0.3) is 0 Å². The number of aldehydes is 1. The zero-order valence-electron chi connectivity index (χ0n) is 12.1. The second kappa shape index (κ2) is 6.73. The molecule has 2 unspecified atom stereocenters. The van der Waals surface area contributed by atoms with E-state index in [0.717, 1.165) is 10.9 Å². The minimum absolute atomic E-state index is 0.110. The summed E-state index contributed by atoms with van der Waals surface area (Å²) in [5.41, 5.74) is 0. The van der Waals surface area contributed by atoms with Crippen LogP contribution in [-0.4, -0.2) is 62.3 Å². The van der Waals surface area contributed by atoms with E-state index in [4.69, 9.17) is 9.84 Å². The number of nitrogens with zero attached hydrogens (tertiary/aromatic N) is 1. The van der Waals surface area contributed by atoms with Gasteiger partial charge >= 0.3 is 12.2 Å². The number of alkyl carbamates (subject to hydrolysis) is 1. The van der Waals surface area contributed by atoms with Crippen LogP contribution < -0.4 is 5.32 Å². The fourth-order valence-corrected chi connectivity index (χ4v) is 2.63. The van der Waals surface area contributed by atoms with Gasteiger partial charge in [-0.1, -0.05) is 19.6 Å². The average Bonchev–Trinajstić information content (AvgIpc) is 2.70. The van der Waals surface area contributed by atoms with Crippen LogP contribution in [0.5, 0.6) is 0 Å². The fourth-order valence-electron chi connectivity index (χ4n) is 1.92. The van der Waals surface area contributed by atoms with Crippen molar-refractivity contribution < 1.29 is 24.2 Å². The predicted molar refractivity (Wildman–Crippen MR) is 75.6 cm³/mol. The number of rotatable bonds is 5. The van der Waals surface area contributed by atoms with Crippen molar-refractivity contribution >= 4 is 26.5 Å². The first-order chi connectivity index (χ1) is 9.23. The van der Waals surface area contributed by atoms with Crippen LogP contribution in [0.1, 0.15) is 0 Å². The molecule has 0 spiro atoms. The monoisotopic (exact) mass is 302 g/mol. The van der Waals surface area contributed by atoms with Crippen molar-refractivity contribution in [2.75, 3.05) is 19.7 Å². The molecule has 1 rings (SSSR count). The zero-order valence-corrected chi connectivity index (χ0v) is 13.1. The molecule has 2 amide bonds. The van der Waals surface area contributed by atoms with Crippen LogP contribution in [0.15, 0.2) is 0 Å². The number of carbonyl (C=O) groups excluding carboxylic acids is 2. The molecule has 114 valence electrons. The lowest BCUT2D eigenvalue weighted by molar-refractivity contribution is -0.111. The highest BCUT2D eigenvalue weighted by atomic mass is 28.3. The molecule has 1 aliphatic heterocycles. The molecule has 1 heterocycles. The number of carboxylic acid groups (broad SMARTS) is 1. The summed E-state index contributed by atoms with van der Waals surface area (Å²) in [5.74, 6) is -0.518. The Bertz CT molecular complexity index is 383. The van der Waals surface area contributed by atoms with Crippen LogP contribution in [0.4, 0.5) is 9.59 Å². The van der Waals surface area contributed by atoms with Crippen molar-refractivity contribution in [2.24, 2.45) is 5.92 Å². The quantitative estimate of drug-likeness (QED) is 0.588. The predicted octanol–water partition coefficient (Wildman–Crippen LogP) is 1.23. The lowest BCUT2D eigenvalue weighted by atomic mass is 10.1. The van der Waals surface area contributed by atoms with Crippen LogP contribution in [0, 0.1) is 5.92 Å². The van der Waals surface area contributed by atoms with Crippen molar-refractivity contribution in [3.8, 4) is 0 Å². The Morgan fingerprint density at radius 3 is 2.55 bits per heavy atom. The average molecular weight is 302 g/mol. The number of carbonyl (C=O) groups is 3. The van der Waals surface area contributed by atoms with Gasteiger partial charge in [-0.05, 0) is 6.04 Å². The molecule has 20 heavy (non-hydrogen) atoms. The lowest BCUT2D eigenvalue weighted by Gasteiger charge is -2.18. The van der Waals surface area contributed by atoms with E-state index in [9.17, 15) is 14.4 Å². The summed E-state index contributed by atoms with van der Waals surface area (Å²) in [6.45, 7) is 7.11. The molecule has 2 N–H and O–H groups in total. The van der Waals surface area contributed by atoms with E-state index < -0.39 is 32.2 Å². The maximum Gasteiger partial charge on any atom is 0.407 e. The first kappa shape index (κ1) is 16.5. The Hall–Kier alpha value is -1.57. The summed E-state index contributed by atoms with van der Waals surface area (Å²) in [5, 5.41) is 11.4. The summed E-state index contributed by atoms with van der Waals surface area (Å²) < 4.78 is 5.07. The normalized spacial score (nSPS) is 22.4. The molecular weight excluding hydrogens is 280 g/mol. The molecule has 1 fully saturated rings. The van der Waals surface area contributed by atoms with E-state index in [1.54, 1.807) is 0 Å². The van der Waals surface area contributed by atoms with Gasteiger partial charge in [-0.25, -0.2) is 9.59 Å². The van der Waals surface area contributed by atoms with Crippen molar-refractivity contribution in [1.29, 1.82) is 0 Å². The Morgan fingerprint density at radius 1 is 1.40 bits per heavy atom. The molecular formula is C12H22N2O5Si. The molecule has 0 aromatic heterocycles. The summed E-state index contributed by atoms with van der Waals surface area (Å²) in [7, 11) is -1.26. The zero-order chi connectivity index (χ0) is 15.3. The lowest BCUT2D eigenvalue weighted by Crippen LogP contribution is -2.42. The van der Waals surface area contributed by atoms with Gasteiger partial charge in [-0.2, -0.15) is 0 Å². The van der Waals surface area contributed by atoms with E-state index in [1.165, 1.54) is 0 Å². The molecule has 0 saturated carbocycles. The largest absolute Gasteiger partial charge is 0.465 e. The summed E-state index contributed by atoms with van der Waals surface area (Å²) in [4.78, 5) is 34.5. The van der Waals surface area contributed by atoms with E-state index in [1.807, 2.05) is 0 Å². The van der Waals surface area contributed by atoms with Crippen molar-refractivity contribution in [2.45, 2.75) is 31.7 Å². The van der Waals surface area contributed by atoms with Crippen LogP contribution in [0.3, 0.4) is 0 Å². The summed E-state index contributed by atoms with van der Waals surface area (Å²) >= 11 is 0. The first-order valence-corrected chi connectivity index (χ1v) is 10.3. The van der Waals surface area contributed by atoms with Gasteiger partial charge in [0.2, 0.25) is 0 Å². The van der Waals surface area contributed by atoms with Gasteiger partial charge in [0.05, 0.1) is 18.6 Å². The van der Waals surface area contributed by atoms with E-state index in [2.05, 4.69) is 25.0 Å². The van der Waals surface area contributed by atoms with Gasteiger partial charge in [0, 0.05) is 21.2 Å². The van der Waals surface area contributed by atoms with Gasteiger partial charge in [0.15, 0.2) is 0 Å². The number of likely N-dealkylation sites (tertiary alicyclic amines) is 1. The highest BCUT2D eigenvalue weighted by molar-refractivity contribution is 6.76. The molecule has 0 aromatic rings. The minimum Gasteiger partial charge on any atom is -0.465 e. The Kier molecular flexibility index (Phi) is 5.55. The maximum atomic E-state index is 11.6. The van der Waals surface area contributed by atoms with Gasteiger partial charge in [-0.3, -0.25) is 0 Å². The van der Waals surface area contributed by atoms with Gasteiger partial charge < -0.3 is 24.9 Å². The number of ether oxygens (including phenoxy) is 1. The SMILES string of the molecule is C[Si](C)(C)CCOC(=O)NC1CN(C(=O)O)CC1C=O. The summed E-state index contributed by atoms with van der Waals surface area (Å²) in [6.07, 6.45) is -1.00. The molecule has 0 bridgehead atoms. The first-order valence-electron chi connectivity index (χ1n) is 6.59. The Balaban J connectivity index is 2.40. The van der Waals surface area contributed by atoms with Gasteiger partial charge in [0.1, 0.15) is 6.29 Å². The number of nitrogens with one attached hydrogen (secondary N) is 1. The van der Waals surface area contributed by atoms with Crippen molar-refractivity contribution in [1.82, 2.24) is 10.2 Å². The standard InChI is InChI=1S/C12H22N2O5Si/c1-20(2,3)5-4-19-11(16)13-10-7-14(12(17)18)6-9(10)8-15/h8-10H,4-7H2,1-3H3,(H,13,16)(H,17,18). The van der Waals surface area contributed by atoms with Crippen molar-refractivity contribution in [3.63, 3.8) is 0 Å². The van der Waals surface area contributed by atoms with Crippen molar-refractivity contribution in [3.05, 3.63) is 0 Å². The van der Waals surface area contributed by atoms with E-state index in [0.29, 0.717) is 12.9 Å². The fraction of sp³-hybridized carbons (Fsp3) is 0.750. The molecule has 0 aromatic carbocycles. The number of amides is 2. The molecule has 2 atom stereocenters. The molecule has 1 saturated heterocycles. The number of hydrogen-bond donors (Lipinski definition) is 2. The highest BCUT2D eigenvalue weighted by Gasteiger charge is 2.36. The highest BCUT2D eigenvalue weighted by Crippen LogP contribution is 2.15. The third kappa shape index (κ3) is 5.20. The molecule has 8 heteroatoms. The molecule has 0 radical (unpaired) electrons. The number of hydrogen-bond acceptors (Lipinski definition) is 4. The maximum absolute atomic E-state index is 11.6. The second-order valence-electron chi connectivity index (χ2n) is 6.18. The topological polar surface area (TPSA) is 95.9 Å². The second-order valence-corrected chi connectivity index (χ2v) is 11.8.